The molecule has 7 nitrogen and oxygen atoms in total. The Morgan fingerprint density at radius 2 is 1.48 bits per heavy atom. The number of rotatable bonds is 9. The number of hydrogen-bond acceptors (Lipinski definition) is 7. The van der Waals surface area contributed by atoms with Gasteiger partial charge in [-0.3, -0.25) is 4.79 Å². The zero-order valence-corrected chi connectivity index (χ0v) is 17.1. The predicted octanol–water partition coefficient (Wildman–Crippen LogP) is 3.68. The number of esters is 1. The van der Waals surface area contributed by atoms with Crippen molar-refractivity contribution in [2.75, 3.05) is 28.4 Å². The Morgan fingerprint density at radius 3 is 2.00 bits per heavy atom. The number of benzene rings is 2. The van der Waals surface area contributed by atoms with Gasteiger partial charge in [0, 0.05) is 17.2 Å². The van der Waals surface area contributed by atoms with Gasteiger partial charge in [0.1, 0.15) is 12.4 Å². The number of carbonyl (C=O) groups excluding carboxylic acids is 2. The zero-order valence-electron chi connectivity index (χ0n) is 17.1. The predicted molar refractivity (Wildman–Crippen MR) is 108 cm³/mol. The zero-order chi connectivity index (χ0) is 21.4. The van der Waals surface area contributed by atoms with Crippen LogP contribution in [0.4, 0.5) is 0 Å². The van der Waals surface area contributed by atoms with E-state index in [1.165, 1.54) is 41.4 Å². The van der Waals surface area contributed by atoms with Gasteiger partial charge in [0.25, 0.3) is 0 Å². The lowest BCUT2D eigenvalue weighted by molar-refractivity contribution is -0.138. The van der Waals surface area contributed by atoms with Crippen LogP contribution in [0.25, 0.3) is 6.08 Å². The molecule has 0 fully saturated rings. The molecule has 2 aromatic rings. The molecule has 2 rings (SSSR count). The SMILES string of the molecule is COc1ccc(C(C)=O)cc1COC(=O)C=Cc1cc(OC)c(OC)c(OC)c1. The van der Waals surface area contributed by atoms with Gasteiger partial charge in [0.15, 0.2) is 17.3 Å². The largest absolute Gasteiger partial charge is 0.496 e. The second kappa shape index (κ2) is 10.2. The molecule has 0 aliphatic carbocycles. The highest BCUT2D eigenvalue weighted by atomic mass is 16.5. The van der Waals surface area contributed by atoms with Crippen molar-refractivity contribution in [2.24, 2.45) is 0 Å². The fourth-order valence-electron chi connectivity index (χ4n) is 2.67. The van der Waals surface area contributed by atoms with Gasteiger partial charge in [-0.15, -0.1) is 0 Å². The molecule has 0 bridgehead atoms. The number of carbonyl (C=O) groups is 2. The first-order chi connectivity index (χ1) is 13.9. The van der Waals surface area contributed by atoms with Crippen molar-refractivity contribution in [3.63, 3.8) is 0 Å². The van der Waals surface area contributed by atoms with Gasteiger partial charge in [0.2, 0.25) is 5.75 Å². The van der Waals surface area contributed by atoms with Crippen LogP contribution in [0.3, 0.4) is 0 Å². The highest BCUT2D eigenvalue weighted by Gasteiger charge is 2.13. The van der Waals surface area contributed by atoms with Gasteiger partial charge < -0.3 is 23.7 Å². The van der Waals surface area contributed by atoms with Crippen molar-refractivity contribution < 1.29 is 33.3 Å². The summed E-state index contributed by atoms with van der Waals surface area (Å²) in [6, 6.07) is 8.41. The van der Waals surface area contributed by atoms with Gasteiger partial charge in [0.05, 0.1) is 28.4 Å². The second-order valence-electron chi connectivity index (χ2n) is 5.98. The number of ether oxygens (including phenoxy) is 5. The summed E-state index contributed by atoms with van der Waals surface area (Å²) in [5.41, 5.74) is 1.80. The lowest BCUT2D eigenvalue weighted by Gasteiger charge is -2.12. The molecule has 0 amide bonds. The summed E-state index contributed by atoms with van der Waals surface area (Å²) in [5, 5.41) is 0. The first kappa shape index (κ1) is 21.8. The average molecular weight is 400 g/mol. The number of ketones is 1. The molecule has 0 aliphatic heterocycles. The van der Waals surface area contributed by atoms with E-state index in [2.05, 4.69) is 0 Å². The third-order valence-electron chi connectivity index (χ3n) is 4.16. The molecule has 7 heteroatoms. The van der Waals surface area contributed by atoms with Crippen LogP contribution in [-0.4, -0.2) is 40.2 Å². The van der Waals surface area contributed by atoms with Crippen molar-refractivity contribution in [1.82, 2.24) is 0 Å². The molecule has 0 saturated heterocycles. The summed E-state index contributed by atoms with van der Waals surface area (Å²) in [4.78, 5) is 23.7. The normalized spacial score (nSPS) is 10.5. The van der Waals surface area contributed by atoms with Crippen LogP contribution >= 0.6 is 0 Å². The smallest absolute Gasteiger partial charge is 0.331 e. The van der Waals surface area contributed by atoms with E-state index in [-0.39, 0.29) is 12.4 Å². The molecular formula is C22H24O7. The van der Waals surface area contributed by atoms with Crippen LogP contribution in [0.15, 0.2) is 36.4 Å². The first-order valence-corrected chi connectivity index (χ1v) is 8.76. The van der Waals surface area contributed by atoms with Crippen LogP contribution in [0.2, 0.25) is 0 Å². The van der Waals surface area contributed by atoms with Gasteiger partial charge in [-0.25, -0.2) is 4.79 Å². The maximum absolute atomic E-state index is 12.1. The maximum atomic E-state index is 12.1. The molecule has 0 radical (unpaired) electrons. The van der Waals surface area contributed by atoms with E-state index in [0.717, 1.165) is 0 Å². The van der Waals surface area contributed by atoms with E-state index < -0.39 is 5.97 Å². The second-order valence-corrected chi connectivity index (χ2v) is 5.98. The molecular weight excluding hydrogens is 376 g/mol. The van der Waals surface area contributed by atoms with E-state index in [1.54, 1.807) is 36.4 Å². The first-order valence-electron chi connectivity index (χ1n) is 8.76. The molecule has 0 N–H and O–H groups in total. The summed E-state index contributed by atoms with van der Waals surface area (Å²) < 4.78 is 26.4. The fraction of sp³-hybridized carbons (Fsp3) is 0.273. The van der Waals surface area contributed by atoms with E-state index in [1.807, 2.05) is 0 Å². The van der Waals surface area contributed by atoms with Crippen molar-refractivity contribution in [3.8, 4) is 23.0 Å². The Labute approximate surface area is 169 Å². The Morgan fingerprint density at radius 1 is 0.862 bits per heavy atom. The highest BCUT2D eigenvalue weighted by Crippen LogP contribution is 2.38. The van der Waals surface area contributed by atoms with E-state index in [0.29, 0.717) is 39.7 Å². The van der Waals surface area contributed by atoms with E-state index >= 15 is 0 Å². The quantitative estimate of drug-likeness (QED) is 0.361. The van der Waals surface area contributed by atoms with Crippen LogP contribution in [-0.2, 0) is 16.1 Å². The molecule has 154 valence electrons. The monoisotopic (exact) mass is 400 g/mol. The molecule has 0 aromatic heterocycles. The minimum atomic E-state index is -0.547. The number of Topliss-reactive ketones (excluding diaryl/α,β-unsaturated/α-hetero) is 1. The maximum Gasteiger partial charge on any atom is 0.331 e. The lowest BCUT2D eigenvalue weighted by Crippen LogP contribution is -2.04. The van der Waals surface area contributed by atoms with E-state index in [4.69, 9.17) is 23.7 Å². The van der Waals surface area contributed by atoms with Crippen LogP contribution in [0, 0.1) is 0 Å². The third kappa shape index (κ3) is 5.51. The van der Waals surface area contributed by atoms with E-state index in [9.17, 15) is 9.59 Å². The van der Waals surface area contributed by atoms with Gasteiger partial charge in [-0.05, 0) is 48.9 Å². The minimum absolute atomic E-state index is 0.0251. The Balaban J connectivity index is 2.13. The Bertz CT molecular complexity index is 890. The topological polar surface area (TPSA) is 80.3 Å². The van der Waals surface area contributed by atoms with Crippen molar-refractivity contribution in [2.45, 2.75) is 13.5 Å². The molecule has 0 spiro atoms. The number of methoxy groups -OCH3 is 4. The van der Waals surface area contributed by atoms with Gasteiger partial charge in [-0.1, -0.05) is 0 Å². The van der Waals surface area contributed by atoms with Gasteiger partial charge >= 0.3 is 5.97 Å². The molecule has 0 atom stereocenters. The summed E-state index contributed by atoms with van der Waals surface area (Å²) in [5.74, 6) is 1.33. The molecule has 29 heavy (non-hydrogen) atoms. The Hall–Kier alpha value is -3.48. The summed E-state index contributed by atoms with van der Waals surface area (Å²) in [7, 11) is 6.06. The molecule has 0 saturated carbocycles. The number of hydrogen-bond donors (Lipinski definition) is 0. The molecule has 0 aliphatic rings. The third-order valence-corrected chi connectivity index (χ3v) is 4.16. The summed E-state index contributed by atoms with van der Waals surface area (Å²) >= 11 is 0. The minimum Gasteiger partial charge on any atom is -0.496 e. The highest BCUT2D eigenvalue weighted by molar-refractivity contribution is 5.94. The fourth-order valence-corrected chi connectivity index (χ4v) is 2.67. The van der Waals surface area contributed by atoms with Crippen LogP contribution in [0.1, 0.15) is 28.4 Å². The summed E-state index contributed by atoms with van der Waals surface area (Å²) in [6.07, 6.45) is 2.87. The average Bonchev–Trinajstić information content (AvgIpc) is 2.74. The molecule has 2 aromatic carbocycles. The Kier molecular flexibility index (Phi) is 7.65. The van der Waals surface area contributed by atoms with Crippen LogP contribution in [0.5, 0.6) is 23.0 Å². The van der Waals surface area contributed by atoms with Crippen molar-refractivity contribution in [3.05, 3.63) is 53.1 Å². The molecule has 0 unspecified atom stereocenters. The van der Waals surface area contributed by atoms with Crippen molar-refractivity contribution >= 4 is 17.8 Å². The molecule has 0 heterocycles. The van der Waals surface area contributed by atoms with Crippen LogP contribution < -0.4 is 18.9 Å². The van der Waals surface area contributed by atoms with Crippen molar-refractivity contribution in [1.29, 1.82) is 0 Å². The lowest BCUT2D eigenvalue weighted by atomic mass is 10.1. The standard InChI is InChI=1S/C22H24O7/c1-14(23)16-7-8-18(25-2)17(12-16)13-29-21(24)9-6-15-10-19(26-3)22(28-5)20(11-15)27-4/h6-12H,13H2,1-5H3. The summed E-state index contributed by atoms with van der Waals surface area (Å²) in [6.45, 7) is 1.44. The van der Waals surface area contributed by atoms with Gasteiger partial charge in [-0.2, -0.15) is 0 Å².